The van der Waals surface area contributed by atoms with E-state index in [9.17, 15) is 9.18 Å². The maximum Gasteiger partial charge on any atom is 0.231 e. The molecule has 1 aliphatic carbocycles. The van der Waals surface area contributed by atoms with Crippen molar-refractivity contribution in [3.63, 3.8) is 0 Å². The zero-order valence-corrected chi connectivity index (χ0v) is 14.8. The molecular weight excluding hydrogens is 329 g/mol. The van der Waals surface area contributed by atoms with Crippen LogP contribution in [0.3, 0.4) is 0 Å². The van der Waals surface area contributed by atoms with E-state index in [0.29, 0.717) is 6.54 Å². The van der Waals surface area contributed by atoms with Gasteiger partial charge in [-0.25, -0.2) is 9.37 Å². The van der Waals surface area contributed by atoms with Crippen LogP contribution in [0.2, 0.25) is 0 Å². The third kappa shape index (κ3) is 2.77. The number of hydrogen-bond acceptors (Lipinski definition) is 2. The number of hydrogen-bond donors (Lipinski definition) is 1. The fourth-order valence-corrected chi connectivity index (χ4v) is 4.09. The molecule has 1 aliphatic rings. The maximum absolute atomic E-state index is 13.7. The summed E-state index contributed by atoms with van der Waals surface area (Å²) in [6, 6.07) is 14.4. The van der Waals surface area contributed by atoms with E-state index in [4.69, 9.17) is 0 Å². The summed E-state index contributed by atoms with van der Waals surface area (Å²) in [6.45, 7) is 0.362. The number of carbonyl (C=O) groups is 1. The van der Waals surface area contributed by atoms with Crippen LogP contribution in [-0.4, -0.2) is 15.5 Å². The smallest absolute Gasteiger partial charge is 0.231 e. The number of amides is 1. The highest BCUT2D eigenvalue weighted by Crippen LogP contribution is 2.41. The number of nitrogens with zero attached hydrogens (tertiary/aromatic N) is 2. The topological polar surface area (TPSA) is 46.9 Å². The van der Waals surface area contributed by atoms with E-state index in [1.54, 1.807) is 6.07 Å². The summed E-state index contributed by atoms with van der Waals surface area (Å²) < 4.78 is 15.7. The maximum atomic E-state index is 13.7. The second-order valence-corrected chi connectivity index (χ2v) is 7.06. The average molecular weight is 351 g/mol. The van der Waals surface area contributed by atoms with Gasteiger partial charge in [0, 0.05) is 7.05 Å². The molecule has 0 aliphatic heterocycles. The summed E-state index contributed by atoms with van der Waals surface area (Å²) in [5.74, 6) is 0.483. The van der Waals surface area contributed by atoms with Crippen LogP contribution >= 0.6 is 0 Å². The molecule has 1 amide bonds. The lowest BCUT2D eigenvalue weighted by Gasteiger charge is -2.28. The molecule has 4 nitrogen and oxygen atoms in total. The lowest BCUT2D eigenvalue weighted by atomic mass is 9.78. The van der Waals surface area contributed by atoms with Crippen molar-refractivity contribution in [3.8, 4) is 0 Å². The molecule has 26 heavy (non-hydrogen) atoms. The highest BCUT2D eigenvalue weighted by molar-refractivity contribution is 5.88. The molecule has 3 aromatic rings. The summed E-state index contributed by atoms with van der Waals surface area (Å²) >= 11 is 0. The highest BCUT2D eigenvalue weighted by atomic mass is 19.1. The molecule has 134 valence electrons. The molecule has 1 saturated carbocycles. The van der Waals surface area contributed by atoms with Gasteiger partial charge in [0.1, 0.15) is 11.6 Å². The quantitative estimate of drug-likeness (QED) is 0.776. The summed E-state index contributed by atoms with van der Waals surface area (Å²) in [7, 11) is 1.95. The van der Waals surface area contributed by atoms with Crippen LogP contribution in [0.25, 0.3) is 11.0 Å². The van der Waals surface area contributed by atoms with Gasteiger partial charge in [-0.15, -0.1) is 0 Å². The number of halogens is 1. The number of aromatic nitrogens is 2. The van der Waals surface area contributed by atoms with Gasteiger partial charge >= 0.3 is 0 Å². The lowest BCUT2D eigenvalue weighted by molar-refractivity contribution is -0.126. The molecule has 1 fully saturated rings. The second kappa shape index (κ2) is 6.56. The Morgan fingerprint density at radius 1 is 1.19 bits per heavy atom. The Morgan fingerprint density at radius 2 is 1.96 bits per heavy atom. The highest BCUT2D eigenvalue weighted by Gasteiger charge is 2.42. The van der Waals surface area contributed by atoms with Gasteiger partial charge in [-0.1, -0.05) is 37.1 Å². The van der Waals surface area contributed by atoms with E-state index >= 15 is 0 Å². The van der Waals surface area contributed by atoms with Crippen LogP contribution in [0, 0.1) is 5.82 Å². The molecule has 0 atom stereocenters. The number of aryl methyl sites for hydroxylation is 1. The number of rotatable bonds is 4. The molecule has 5 heteroatoms. The molecule has 1 heterocycles. The Balaban J connectivity index is 1.58. The Morgan fingerprint density at radius 3 is 2.69 bits per heavy atom. The van der Waals surface area contributed by atoms with Gasteiger partial charge in [0.15, 0.2) is 0 Å². The van der Waals surface area contributed by atoms with Gasteiger partial charge in [-0.2, -0.15) is 0 Å². The first kappa shape index (κ1) is 16.8. The van der Waals surface area contributed by atoms with Gasteiger partial charge in [0.2, 0.25) is 5.91 Å². The summed E-state index contributed by atoms with van der Waals surface area (Å²) in [5.41, 5.74) is 2.10. The van der Waals surface area contributed by atoms with E-state index in [1.807, 2.05) is 41.9 Å². The predicted octanol–water partition coefficient (Wildman–Crippen LogP) is 3.84. The van der Waals surface area contributed by atoms with Gasteiger partial charge in [0.05, 0.1) is 23.0 Å². The molecule has 0 saturated heterocycles. The Bertz CT molecular complexity index is 957. The molecular formula is C21H22FN3O. The van der Waals surface area contributed by atoms with Crippen LogP contribution in [0.4, 0.5) is 4.39 Å². The number of carbonyl (C=O) groups excluding carboxylic acids is 1. The van der Waals surface area contributed by atoms with Crippen molar-refractivity contribution in [2.45, 2.75) is 37.6 Å². The second-order valence-electron chi connectivity index (χ2n) is 7.06. The zero-order chi connectivity index (χ0) is 18.1. The van der Waals surface area contributed by atoms with Crippen molar-refractivity contribution >= 4 is 16.9 Å². The third-order valence-electron chi connectivity index (χ3n) is 5.56. The van der Waals surface area contributed by atoms with Gasteiger partial charge in [0.25, 0.3) is 0 Å². The lowest BCUT2D eigenvalue weighted by Crippen LogP contribution is -2.42. The zero-order valence-electron chi connectivity index (χ0n) is 14.8. The number of para-hydroxylation sites is 2. The van der Waals surface area contributed by atoms with E-state index in [-0.39, 0.29) is 11.7 Å². The van der Waals surface area contributed by atoms with E-state index in [0.717, 1.165) is 48.1 Å². The van der Waals surface area contributed by atoms with Crippen LogP contribution < -0.4 is 5.32 Å². The van der Waals surface area contributed by atoms with Gasteiger partial charge in [-0.05, 0) is 42.7 Å². The minimum atomic E-state index is -0.632. The fourth-order valence-electron chi connectivity index (χ4n) is 4.09. The summed E-state index contributed by atoms with van der Waals surface area (Å²) in [5, 5.41) is 3.06. The van der Waals surface area contributed by atoms with E-state index in [2.05, 4.69) is 10.3 Å². The summed E-state index contributed by atoms with van der Waals surface area (Å²) in [4.78, 5) is 17.7. The predicted molar refractivity (Wildman–Crippen MR) is 99.1 cm³/mol. The molecule has 4 rings (SSSR count). The number of benzene rings is 2. The normalized spacial score (nSPS) is 16.1. The Labute approximate surface area is 152 Å². The number of nitrogens with one attached hydrogen (secondary N) is 1. The minimum absolute atomic E-state index is 0.0346. The van der Waals surface area contributed by atoms with Crippen molar-refractivity contribution < 1.29 is 9.18 Å². The molecule has 2 aromatic carbocycles. The van der Waals surface area contributed by atoms with Crippen LogP contribution in [0.5, 0.6) is 0 Å². The number of imidazole rings is 1. The summed E-state index contributed by atoms with van der Waals surface area (Å²) in [6.07, 6.45) is 3.47. The van der Waals surface area contributed by atoms with Crippen molar-refractivity contribution in [3.05, 3.63) is 65.7 Å². The first-order chi connectivity index (χ1) is 12.6. The van der Waals surface area contributed by atoms with Crippen molar-refractivity contribution in [2.75, 3.05) is 0 Å². The van der Waals surface area contributed by atoms with Gasteiger partial charge in [-0.3, -0.25) is 4.79 Å². The van der Waals surface area contributed by atoms with Gasteiger partial charge < -0.3 is 9.88 Å². The van der Waals surface area contributed by atoms with E-state index in [1.165, 1.54) is 12.1 Å². The Kier molecular flexibility index (Phi) is 4.23. The molecule has 0 spiro atoms. The molecule has 0 radical (unpaired) electrons. The fraction of sp³-hybridized carbons (Fsp3) is 0.333. The first-order valence-electron chi connectivity index (χ1n) is 9.05. The van der Waals surface area contributed by atoms with Crippen LogP contribution in [-0.2, 0) is 23.8 Å². The standard InChI is InChI=1S/C21H22FN3O/c1-25-18-10-3-2-9-17(18)24-19(25)14-23-20(26)21(11-4-5-12-21)15-7-6-8-16(22)13-15/h2-3,6-10,13H,4-5,11-12,14H2,1H3,(H,23,26). The first-order valence-corrected chi connectivity index (χ1v) is 9.05. The molecule has 1 N–H and O–H groups in total. The molecule has 0 unspecified atom stereocenters. The van der Waals surface area contributed by atoms with Crippen molar-refractivity contribution in [1.82, 2.24) is 14.9 Å². The van der Waals surface area contributed by atoms with Crippen molar-refractivity contribution in [1.29, 1.82) is 0 Å². The largest absolute Gasteiger partial charge is 0.348 e. The van der Waals surface area contributed by atoms with Crippen molar-refractivity contribution in [2.24, 2.45) is 7.05 Å². The SMILES string of the molecule is Cn1c(CNC(=O)C2(c3cccc(F)c3)CCCC2)nc2ccccc21. The van der Waals surface area contributed by atoms with Crippen LogP contribution in [0.15, 0.2) is 48.5 Å². The third-order valence-corrected chi connectivity index (χ3v) is 5.56. The minimum Gasteiger partial charge on any atom is -0.348 e. The van der Waals surface area contributed by atoms with Crippen LogP contribution in [0.1, 0.15) is 37.1 Å². The molecule has 0 bridgehead atoms. The molecule has 1 aromatic heterocycles. The van der Waals surface area contributed by atoms with E-state index < -0.39 is 5.41 Å². The number of fused-ring (bicyclic) bond motifs is 1. The Hall–Kier alpha value is -2.69. The monoisotopic (exact) mass is 351 g/mol. The average Bonchev–Trinajstić information content (AvgIpc) is 3.26.